The molecule has 1 aliphatic heterocycles. The van der Waals surface area contributed by atoms with Gasteiger partial charge >= 0.3 is 0 Å². The van der Waals surface area contributed by atoms with E-state index >= 15 is 0 Å². The van der Waals surface area contributed by atoms with Crippen molar-refractivity contribution in [2.24, 2.45) is 0 Å². The molecule has 3 rings (SSSR count). The maximum atomic E-state index is 13.1. The number of thioether (sulfide) groups is 1. The SMILES string of the molecule is COc1ccccc1S(=O)(=O)N1CCSC(c2ccccc2C)CC1. The Morgan fingerprint density at radius 3 is 2.56 bits per heavy atom. The zero-order valence-electron chi connectivity index (χ0n) is 14.5. The van der Waals surface area contributed by atoms with E-state index in [4.69, 9.17) is 4.74 Å². The first-order valence-corrected chi connectivity index (χ1v) is 10.8. The van der Waals surface area contributed by atoms with Crippen LogP contribution in [0.3, 0.4) is 0 Å². The molecule has 1 aliphatic rings. The average Bonchev–Trinajstić information content (AvgIpc) is 2.88. The standard InChI is InChI=1S/C19H23NO3S2/c1-15-7-3-4-8-16(15)18-11-12-20(13-14-24-18)25(21,22)19-10-6-5-9-17(19)23-2/h3-10,18H,11-14H2,1-2H3. The third-order valence-electron chi connectivity index (χ3n) is 4.52. The molecular weight excluding hydrogens is 354 g/mol. The summed E-state index contributed by atoms with van der Waals surface area (Å²) in [4.78, 5) is 0.247. The fourth-order valence-electron chi connectivity index (χ4n) is 3.16. The quantitative estimate of drug-likeness (QED) is 0.811. The largest absolute Gasteiger partial charge is 0.495 e. The monoisotopic (exact) mass is 377 g/mol. The summed E-state index contributed by atoms with van der Waals surface area (Å²) in [6, 6.07) is 15.2. The van der Waals surface area contributed by atoms with E-state index in [9.17, 15) is 8.42 Å². The number of aryl methyl sites for hydroxylation is 1. The van der Waals surface area contributed by atoms with E-state index in [-0.39, 0.29) is 4.90 Å². The maximum absolute atomic E-state index is 13.1. The number of methoxy groups -OCH3 is 1. The van der Waals surface area contributed by atoms with Gasteiger partial charge in [-0.3, -0.25) is 0 Å². The first-order chi connectivity index (χ1) is 12.0. The minimum Gasteiger partial charge on any atom is -0.495 e. The predicted octanol–water partition coefficient (Wildman–Crippen LogP) is 3.87. The van der Waals surface area contributed by atoms with Crippen LogP contribution >= 0.6 is 11.8 Å². The first kappa shape index (κ1) is 18.3. The van der Waals surface area contributed by atoms with Gasteiger partial charge in [-0.05, 0) is 36.6 Å². The Hall–Kier alpha value is -1.50. The molecule has 0 saturated carbocycles. The van der Waals surface area contributed by atoms with E-state index in [0.29, 0.717) is 24.1 Å². The molecule has 1 unspecified atom stereocenters. The fraction of sp³-hybridized carbons (Fsp3) is 0.368. The van der Waals surface area contributed by atoms with Crippen molar-refractivity contribution in [1.82, 2.24) is 4.31 Å². The molecule has 2 aromatic rings. The van der Waals surface area contributed by atoms with E-state index in [1.165, 1.54) is 18.2 Å². The molecule has 0 bridgehead atoms. The van der Waals surface area contributed by atoms with E-state index in [2.05, 4.69) is 25.1 Å². The molecule has 4 nitrogen and oxygen atoms in total. The van der Waals surface area contributed by atoms with Crippen LogP contribution < -0.4 is 4.74 Å². The Morgan fingerprint density at radius 1 is 1.08 bits per heavy atom. The summed E-state index contributed by atoms with van der Waals surface area (Å²) in [7, 11) is -2.05. The fourth-order valence-corrected chi connectivity index (χ4v) is 6.21. The summed E-state index contributed by atoms with van der Waals surface area (Å²) in [5, 5.41) is 0.332. The number of rotatable bonds is 4. The zero-order chi connectivity index (χ0) is 17.9. The van der Waals surface area contributed by atoms with Crippen LogP contribution in [0.1, 0.15) is 22.8 Å². The summed E-state index contributed by atoms with van der Waals surface area (Å²) in [5.41, 5.74) is 2.57. The van der Waals surface area contributed by atoms with Crippen LogP contribution in [0.25, 0.3) is 0 Å². The van der Waals surface area contributed by atoms with Crippen LogP contribution in [0.2, 0.25) is 0 Å². The van der Waals surface area contributed by atoms with Gasteiger partial charge in [-0.25, -0.2) is 8.42 Å². The minimum atomic E-state index is -3.55. The Morgan fingerprint density at radius 2 is 1.80 bits per heavy atom. The lowest BCUT2D eigenvalue weighted by Crippen LogP contribution is -2.33. The van der Waals surface area contributed by atoms with E-state index in [0.717, 1.165) is 12.2 Å². The van der Waals surface area contributed by atoms with Crippen molar-refractivity contribution in [3.63, 3.8) is 0 Å². The van der Waals surface area contributed by atoms with Crippen LogP contribution in [0.15, 0.2) is 53.4 Å². The third kappa shape index (κ3) is 3.86. The lowest BCUT2D eigenvalue weighted by atomic mass is 10.0. The summed E-state index contributed by atoms with van der Waals surface area (Å²) >= 11 is 1.84. The van der Waals surface area contributed by atoms with Gasteiger partial charge in [0.15, 0.2) is 0 Å². The van der Waals surface area contributed by atoms with Crippen molar-refractivity contribution in [1.29, 1.82) is 0 Å². The second-order valence-corrected chi connectivity index (χ2v) is 9.28. The summed E-state index contributed by atoms with van der Waals surface area (Å²) < 4.78 is 33.0. The van der Waals surface area contributed by atoms with Gasteiger partial charge in [-0.2, -0.15) is 16.1 Å². The third-order valence-corrected chi connectivity index (χ3v) is 7.77. The Bertz CT molecular complexity index is 836. The highest BCUT2D eigenvalue weighted by Crippen LogP contribution is 2.37. The van der Waals surface area contributed by atoms with Crippen molar-refractivity contribution in [2.75, 3.05) is 26.0 Å². The molecule has 0 aliphatic carbocycles. The van der Waals surface area contributed by atoms with Crippen LogP contribution in [0.4, 0.5) is 0 Å². The molecule has 0 aromatic heterocycles. The molecule has 1 fully saturated rings. The number of benzene rings is 2. The van der Waals surface area contributed by atoms with Gasteiger partial charge in [0, 0.05) is 24.1 Å². The topological polar surface area (TPSA) is 46.6 Å². The van der Waals surface area contributed by atoms with Crippen LogP contribution in [-0.4, -0.2) is 38.7 Å². The molecule has 0 amide bonds. The lowest BCUT2D eigenvalue weighted by molar-refractivity contribution is 0.393. The molecular formula is C19H23NO3S2. The molecule has 0 N–H and O–H groups in total. The summed E-state index contributed by atoms with van der Waals surface area (Å²) in [6.45, 7) is 3.16. The highest BCUT2D eigenvalue weighted by molar-refractivity contribution is 7.99. The van der Waals surface area contributed by atoms with Gasteiger partial charge in [0.05, 0.1) is 7.11 Å². The molecule has 1 saturated heterocycles. The number of sulfonamides is 1. The van der Waals surface area contributed by atoms with Gasteiger partial charge in [0.2, 0.25) is 10.0 Å². The van der Waals surface area contributed by atoms with Crippen LogP contribution in [0.5, 0.6) is 5.75 Å². The predicted molar refractivity (Wildman–Crippen MR) is 103 cm³/mol. The van der Waals surface area contributed by atoms with Gasteiger partial charge in [0.1, 0.15) is 10.6 Å². The van der Waals surface area contributed by atoms with Gasteiger partial charge in [-0.1, -0.05) is 36.4 Å². The molecule has 134 valence electrons. The highest BCUT2D eigenvalue weighted by atomic mass is 32.2. The number of ether oxygens (including phenoxy) is 1. The first-order valence-electron chi connectivity index (χ1n) is 8.34. The zero-order valence-corrected chi connectivity index (χ0v) is 16.1. The summed E-state index contributed by atoms with van der Waals surface area (Å²) in [6.07, 6.45) is 0.809. The Balaban J connectivity index is 1.82. The molecule has 2 aromatic carbocycles. The maximum Gasteiger partial charge on any atom is 0.246 e. The number of para-hydroxylation sites is 1. The van der Waals surface area contributed by atoms with Crippen LogP contribution in [-0.2, 0) is 10.0 Å². The van der Waals surface area contributed by atoms with Crippen molar-refractivity contribution >= 4 is 21.8 Å². The molecule has 0 radical (unpaired) electrons. The van der Waals surface area contributed by atoms with Gasteiger partial charge in [-0.15, -0.1) is 0 Å². The van der Waals surface area contributed by atoms with E-state index in [1.807, 2.05) is 17.8 Å². The molecule has 1 atom stereocenters. The van der Waals surface area contributed by atoms with Crippen molar-refractivity contribution < 1.29 is 13.2 Å². The van der Waals surface area contributed by atoms with Crippen molar-refractivity contribution in [3.05, 3.63) is 59.7 Å². The molecule has 6 heteroatoms. The smallest absolute Gasteiger partial charge is 0.246 e. The molecule has 0 spiro atoms. The number of hydrogen-bond donors (Lipinski definition) is 0. The van der Waals surface area contributed by atoms with Crippen molar-refractivity contribution in [2.45, 2.75) is 23.5 Å². The molecule has 25 heavy (non-hydrogen) atoms. The Labute approximate surface area is 154 Å². The van der Waals surface area contributed by atoms with Gasteiger partial charge < -0.3 is 4.74 Å². The van der Waals surface area contributed by atoms with E-state index in [1.54, 1.807) is 28.6 Å². The lowest BCUT2D eigenvalue weighted by Gasteiger charge is -2.21. The average molecular weight is 378 g/mol. The normalized spacial score (nSPS) is 19.4. The molecule has 1 heterocycles. The Kier molecular flexibility index (Phi) is 5.71. The highest BCUT2D eigenvalue weighted by Gasteiger charge is 2.30. The van der Waals surface area contributed by atoms with Crippen LogP contribution in [0, 0.1) is 6.92 Å². The second-order valence-electron chi connectivity index (χ2n) is 6.06. The van der Waals surface area contributed by atoms with E-state index < -0.39 is 10.0 Å². The van der Waals surface area contributed by atoms with Crippen molar-refractivity contribution in [3.8, 4) is 5.75 Å². The minimum absolute atomic E-state index is 0.247. The second kappa shape index (κ2) is 7.81. The summed E-state index contributed by atoms with van der Waals surface area (Å²) in [5.74, 6) is 1.18. The number of hydrogen-bond acceptors (Lipinski definition) is 4. The van der Waals surface area contributed by atoms with Gasteiger partial charge in [0.25, 0.3) is 0 Å². The number of nitrogens with zero attached hydrogens (tertiary/aromatic N) is 1.